The topological polar surface area (TPSA) is 83.6 Å². The SMILES string of the molecule is NC1(C(=O)N(CC(=O)O)c2cccc(Cl)c2)CC1. The second-order valence-electron chi connectivity index (χ2n) is 4.42. The van der Waals surface area contributed by atoms with Crippen LogP contribution >= 0.6 is 11.6 Å². The summed E-state index contributed by atoms with van der Waals surface area (Å²) in [5.74, 6) is -1.46. The van der Waals surface area contributed by atoms with Crippen LogP contribution in [0.25, 0.3) is 0 Å². The van der Waals surface area contributed by atoms with Gasteiger partial charge in [0.2, 0.25) is 5.91 Å². The molecule has 0 unspecified atom stereocenters. The van der Waals surface area contributed by atoms with Crippen LogP contribution in [0.3, 0.4) is 0 Å². The number of carboxylic acid groups (broad SMARTS) is 1. The van der Waals surface area contributed by atoms with E-state index < -0.39 is 18.1 Å². The summed E-state index contributed by atoms with van der Waals surface area (Å²) in [4.78, 5) is 24.2. The summed E-state index contributed by atoms with van der Waals surface area (Å²) in [5, 5.41) is 9.32. The highest BCUT2D eigenvalue weighted by Crippen LogP contribution is 2.35. The van der Waals surface area contributed by atoms with Crippen LogP contribution in [-0.2, 0) is 9.59 Å². The second kappa shape index (κ2) is 4.59. The molecule has 18 heavy (non-hydrogen) atoms. The van der Waals surface area contributed by atoms with Crippen LogP contribution in [0.2, 0.25) is 5.02 Å². The minimum Gasteiger partial charge on any atom is -0.480 e. The normalized spacial score (nSPS) is 16.1. The lowest BCUT2D eigenvalue weighted by molar-refractivity contribution is -0.136. The van der Waals surface area contributed by atoms with E-state index in [9.17, 15) is 9.59 Å². The zero-order valence-corrected chi connectivity index (χ0v) is 10.4. The molecule has 96 valence electrons. The van der Waals surface area contributed by atoms with Crippen molar-refractivity contribution < 1.29 is 14.7 Å². The van der Waals surface area contributed by atoms with Crippen LogP contribution in [0, 0.1) is 0 Å². The highest BCUT2D eigenvalue weighted by molar-refractivity contribution is 6.31. The molecule has 1 aliphatic carbocycles. The lowest BCUT2D eigenvalue weighted by atomic mass is 10.2. The maximum atomic E-state index is 12.2. The first kappa shape index (κ1) is 12.9. The number of amides is 1. The van der Waals surface area contributed by atoms with Crippen LogP contribution < -0.4 is 10.6 Å². The van der Waals surface area contributed by atoms with Crippen molar-refractivity contribution in [2.75, 3.05) is 11.4 Å². The molecule has 1 saturated carbocycles. The summed E-state index contributed by atoms with van der Waals surface area (Å²) in [6.07, 6.45) is 1.17. The Hall–Kier alpha value is -1.59. The summed E-state index contributed by atoms with van der Waals surface area (Å²) in [7, 11) is 0. The number of anilines is 1. The lowest BCUT2D eigenvalue weighted by Gasteiger charge is -2.24. The van der Waals surface area contributed by atoms with Gasteiger partial charge in [0.05, 0.1) is 5.54 Å². The largest absolute Gasteiger partial charge is 0.480 e. The van der Waals surface area contributed by atoms with Crippen LogP contribution in [0.15, 0.2) is 24.3 Å². The fraction of sp³-hybridized carbons (Fsp3) is 0.333. The molecule has 0 heterocycles. The van der Waals surface area contributed by atoms with Gasteiger partial charge in [0.25, 0.3) is 0 Å². The molecule has 5 nitrogen and oxygen atoms in total. The van der Waals surface area contributed by atoms with Gasteiger partial charge in [-0.1, -0.05) is 17.7 Å². The predicted octanol–water partition coefficient (Wildman–Crippen LogP) is 1.25. The van der Waals surface area contributed by atoms with E-state index in [0.717, 1.165) is 0 Å². The van der Waals surface area contributed by atoms with Crippen molar-refractivity contribution in [2.24, 2.45) is 5.73 Å². The third kappa shape index (κ3) is 2.63. The number of nitrogens with two attached hydrogens (primary N) is 1. The van der Waals surface area contributed by atoms with Crippen LogP contribution in [0.4, 0.5) is 5.69 Å². The predicted molar refractivity (Wildman–Crippen MR) is 67.6 cm³/mol. The summed E-state index contributed by atoms with van der Waals surface area (Å²) in [6, 6.07) is 6.51. The average Bonchev–Trinajstić information content (AvgIpc) is 3.04. The summed E-state index contributed by atoms with van der Waals surface area (Å²) in [5.41, 5.74) is 5.37. The molecule has 1 amide bonds. The molecule has 0 aromatic heterocycles. The highest BCUT2D eigenvalue weighted by atomic mass is 35.5. The first-order valence-corrected chi connectivity index (χ1v) is 5.88. The van der Waals surface area contributed by atoms with Gasteiger partial charge < -0.3 is 10.8 Å². The second-order valence-corrected chi connectivity index (χ2v) is 4.86. The molecule has 1 aliphatic rings. The van der Waals surface area contributed by atoms with Crippen LogP contribution in [-0.4, -0.2) is 29.1 Å². The number of carbonyl (C=O) groups is 2. The molecule has 0 aliphatic heterocycles. The number of hydrogen-bond acceptors (Lipinski definition) is 3. The number of benzene rings is 1. The molecule has 3 N–H and O–H groups in total. The Kier molecular flexibility index (Phi) is 3.28. The van der Waals surface area contributed by atoms with Gasteiger partial charge in [0.1, 0.15) is 6.54 Å². The number of aliphatic carboxylic acids is 1. The Balaban J connectivity index is 2.30. The Morgan fingerprint density at radius 2 is 2.11 bits per heavy atom. The molecule has 1 aromatic rings. The van der Waals surface area contributed by atoms with E-state index in [1.165, 1.54) is 4.90 Å². The Morgan fingerprint density at radius 3 is 2.61 bits per heavy atom. The van der Waals surface area contributed by atoms with Gasteiger partial charge >= 0.3 is 5.97 Å². The van der Waals surface area contributed by atoms with Crippen molar-refractivity contribution in [1.29, 1.82) is 0 Å². The van der Waals surface area contributed by atoms with Crippen molar-refractivity contribution in [2.45, 2.75) is 18.4 Å². The number of hydrogen-bond donors (Lipinski definition) is 2. The quantitative estimate of drug-likeness (QED) is 0.861. The maximum Gasteiger partial charge on any atom is 0.323 e. The smallest absolute Gasteiger partial charge is 0.323 e. The summed E-state index contributed by atoms with van der Waals surface area (Å²) in [6.45, 7) is -0.419. The molecule has 0 bridgehead atoms. The van der Waals surface area contributed by atoms with E-state index in [4.69, 9.17) is 22.4 Å². The molecule has 6 heteroatoms. The van der Waals surface area contributed by atoms with E-state index in [1.807, 2.05) is 0 Å². The van der Waals surface area contributed by atoms with E-state index in [0.29, 0.717) is 23.6 Å². The van der Waals surface area contributed by atoms with Crippen molar-refractivity contribution in [3.63, 3.8) is 0 Å². The molecule has 0 spiro atoms. The van der Waals surface area contributed by atoms with Gasteiger partial charge in [-0.05, 0) is 31.0 Å². The summed E-state index contributed by atoms with van der Waals surface area (Å²) < 4.78 is 0. The van der Waals surface area contributed by atoms with Crippen LogP contribution in [0.5, 0.6) is 0 Å². The third-order valence-corrected chi connectivity index (χ3v) is 3.11. The minimum atomic E-state index is -1.09. The Morgan fingerprint density at radius 1 is 1.44 bits per heavy atom. The summed E-state index contributed by atoms with van der Waals surface area (Å²) >= 11 is 5.84. The molecule has 0 atom stereocenters. The third-order valence-electron chi connectivity index (χ3n) is 2.87. The fourth-order valence-electron chi connectivity index (χ4n) is 1.68. The molecule has 1 fully saturated rings. The van der Waals surface area contributed by atoms with Gasteiger partial charge in [-0.3, -0.25) is 14.5 Å². The van der Waals surface area contributed by atoms with Gasteiger partial charge in [-0.2, -0.15) is 0 Å². The zero-order valence-electron chi connectivity index (χ0n) is 9.60. The number of rotatable bonds is 4. The van der Waals surface area contributed by atoms with Gasteiger partial charge in [0.15, 0.2) is 0 Å². The van der Waals surface area contributed by atoms with E-state index in [-0.39, 0.29) is 5.91 Å². The molecule has 0 saturated heterocycles. The molecular weight excluding hydrogens is 256 g/mol. The van der Waals surface area contributed by atoms with Crippen LogP contribution in [0.1, 0.15) is 12.8 Å². The Labute approximate surface area is 109 Å². The van der Waals surface area contributed by atoms with E-state index >= 15 is 0 Å². The monoisotopic (exact) mass is 268 g/mol. The van der Waals surface area contributed by atoms with E-state index in [2.05, 4.69) is 0 Å². The zero-order chi connectivity index (χ0) is 13.3. The van der Waals surface area contributed by atoms with Gasteiger partial charge in [-0.15, -0.1) is 0 Å². The molecule has 1 aromatic carbocycles. The van der Waals surface area contributed by atoms with Gasteiger partial charge in [0, 0.05) is 10.7 Å². The number of carboxylic acids is 1. The molecule has 2 rings (SSSR count). The molecular formula is C12H13ClN2O3. The number of carbonyl (C=O) groups excluding carboxylic acids is 1. The highest BCUT2D eigenvalue weighted by Gasteiger charge is 2.48. The molecule has 0 radical (unpaired) electrons. The Bertz CT molecular complexity index is 500. The van der Waals surface area contributed by atoms with Crippen molar-refractivity contribution in [3.05, 3.63) is 29.3 Å². The minimum absolute atomic E-state index is 0.368. The van der Waals surface area contributed by atoms with E-state index in [1.54, 1.807) is 24.3 Å². The maximum absolute atomic E-state index is 12.2. The number of nitrogens with zero attached hydrogens (tertiary/aromatic N) is 1. The first-order valence-electron chi connectivity index (χ1n) is 5.50. The van der Waals surface area contributed by atoms with Crippen molar-refractivity contribution >= 4 is 29.2 Å². The average molecular weight is 269 g/mol. The number of halogens is 1. The lowest BCUT2D eigenvalue weighted by Crippen LogP contribution is -2.47. The fourth-order valence-corrected chi connectivity index (χ4v) is 1.86. The van der Waals surface area contributed by atoms with Crippen molar-refractivity contribution in [3.8, 4) is 0 Å². The standard InChI is InChI=1S/C12H13ClN2O3/c13-8-2-1-3-9(6-8)15(7-10(16)17)11(18)12(14)4-5-12/h1-3,6H,4-5,7,14H2,(H,16,17). The van der Waals surface area contributed by atoms with Crippen molar-refractivity contribution in [1.82, 2.24) is 0 Å². The first-order chi connectivity index (χ1) is 8.42. The van der Waals surface area contributed by atoms with Gasteiger partial charge in [-0.25, -0.2) is 0 Å².